The number of pyridine rings is 1. The van der Waals surface area contributed by atoms with Gasteiger partial charge >= 0.3 is 0 Å². The number of amides is 1. The lowest BCUT2D eigenvalue weighted by molar-refractivity contribution is -0.133. The van der Waals surface area contributed by atoms with E-state index < -0.39 is 0 Å². The predicted octanol–water partition coefficient (Wildman–Crippen LogP) is 1.06. The van der Waals surface area contributed by atoms with Gasteiger partial charge in [0.2, 0.25) is 5.91 Å². The zero-order valence-electron chi connectivity index (χ0n) is 12.0. The van der Waals surface area contributed by atoms with E-state index in [-0.39, 0.29) is 18.6 Å². The first-order valence-electron chi connectivity index (χ1n) is 7.26. The number of nitrogens with zero attached hydrogens (tertiary/aromatic N) is 3. The van der Waals surface area contributed by atoms with Crippen LogP contribution in [0.5, 0.6) is 0 Å². The minimum atomic E-state index is 0.0857. The molecule has 2 rings (SSSR count). The summed E-state index contributed by atoms with van der Waals surface area (Å²) in [6.07, 6.45) is 2.83. The number of aliphatic hydroxyl groups excluding tert-OH is 1. The van der Waals surface area contributed by atoms with Crippen LogP contribution in [0.2, 0.25) is 0 Å². The molecule has 110 valence electrons. The van der Waals surface area contributed by atoms with E-state index in [4.69, 9.17) is 5.11 Å². The fraction of sp³-hybridized carbons (Fsp3) is 0.600. The summed E-state index contributed by atoms with van der Waals surface area (Å²) in [4.78, 5) is 20.5. The lowest BCUT2D eigenvalue weighted by Gasteiger charge is -2.37. The first-order valence-corrected chi connectivity index (χ1v) is 7.26. The maximum atomic E-state index is 11.9. The minimum Gasteiger partial charge on any atom is -0.396 e. The number of carbonyl (C=O) groups is 1. The van der Waals surface area contributed by atoms with E-state index in [0.29, 0.717) is 12.8 Å². The Hall–Kier alpha value is -1.46. The standard InChI is InChI=1S/C15H23N3O2/c1-13(14-5-2-3-7-16-14)17-8-10-18(11-9-17)15(20)6-4-12-19/h2-3,5,7,13,19H,4,6,8-12H2,1H3. The van der Waals surface area contributed by atoms with E-state index in [0.717, 1.165) is 31.9 Å². The molecule has 0 saturated carbocycles. The molecule has 1 unspecified atom stereocenters. The minimum absolute atomic E-state index is 0.0857. The SMILES string of the molecule is CC(c1ccccn1)N1CCN(C(=O)CCCO)CC1. The topological polar surface area (TPSA) is 56.7 Å². The molecule has 1 aromatic rings. The fourth-order valence-electron chi connectivity index (χ4n) is 2.56. The molecular weight excluding hydrogens is 254 g/mol. The van der Waals surface area contributed by atoms with E-state index >= 15 is 0 Å². The summed E-state index contributed by atoms with van der Waals surface area (Å²) in [6, 6.07) is 6.26. The molecule has 1 amide bonds. The lowest BCUT2D eigenvalue weighted by atomic mass is 10.1. The third kappa shape index (κ3) is 3.77. The molecule has 0 aliphatic carbocycles. The van der Waals surface area contributed by atoms with Crippen LogP contribution in [0.15, 0.2) is 24.4 Å². The highest BCUT2D eigenvalue weighted by Crippen LogP contribution is 2.19. The van der Waals surface area contributed by atoms with Crippen molar-refractivity contribution in [3.8, 4) is 0 Å². The van der Waals surface area contributed by atoms with Crippen LogP contribution in [0, 0.1) is 0 Å². The highest BCUT2D eigenvalue weighted by atomic mass is 16.3. The Labute approximate surface area is 120 Å². The summed E-state index contributed by atoms with van der Waals surface area (Å²) < 4.78 is 0. The Bertz CT molecular complexity index is 416. The Balaban J connectivity index is 1.83. The number of hydrogen-bond acceptors (Lipinski definition) is 4. The summed E-state index contributed by atoms with van der Waals surface area (Å²) in [5, 5.41) is 8.77. The van der Waals surface area contributed by atoms with Gasteiger partial charge in [0.05, 0.1) is 5.69 Å². The quantitative estimate of drug-likeness (QED) is 0.874. The van der Waals surface area contributed by atoms with Gasteiger partial charge in [-0.15, -0.1) is 0 Å². The maximum absolute atomic E-state index is 11.9. The van der Waals surface area contributed by atoms with Gasteiger partial charge in [0.25, 0.3) is 0 Å². The molecule has 0 bridgehead atoms. The van der Waals surface area contributed by atoms with Gasteiger partial charge in [-0.2, -0.15) is 0 Å². The monoisotopic (exact) mass is 277 g/mol. The molecule has 0 spiro atoms. The van der Waals surface area contributed by atoms with Crippen LogP contribution in [0.4, 0.5) is 0 Å². The van der Waals surface area contributed by atoms with Crippen LogP contribution in [-0.2, 0) is 4.79 Å². The van der Waals surface area contributed by atoms with Crippen molar-refractivity contribution in [2.75, 3.05) is 32.8 Å². The number of piperazine rings is 1. The number of rotatable bonds is 5. The fourth-order valence-corrected chi connectivity index (χ4v) is 2.56. The Morgan fingerprint density at radius 3 is 2.70 bits per heavy atom. The van der Waals surface area contributed by atoms with E-state index in [9.17, 15) is 4.79 Å². The van der Waals surface area contributed by atoms with Crippen molar-refractivity contribution >= 4 is 5.91 Å². The van der Waals surface area contributed by atoms with Gasteiger partial charge in [-0.1, -0.05) is 6.07 Å². The molecule has 5 nitrogen and oxygen atoms in total. The average Bonchev–Trinajstić information content (AvgIpc) is 2.53. The number of aromatic nitrogens is 1. The van der Waals surface area contributed by atoms with Crippen molar-refractivity contribution in [2.45, 2.75) is 25.8 Å². The summed E-state index contributed by atoms with van der Waals surface area (Å²) >= 11 is 0. The van der Waals surface area contributed by atoms with Gasteiger partial charge in [-0.25, -0.2) is 0 Å². The van der Waals surface area contributed by atoms with Crippen LogP contribution < -0.4 is 0 Å². The molecule has 1 aliphatic rings. The normalized spacial score (nSPS) is 18.0. The van der Waals surface area contributed by atoms with Gasteiger partial charge in [-0.3, -0.25) is 14.7 Å². The summed E-state index contributed by atoms with van der Waals surface area (Å²) in [6.45, 7) is 5.53. The van der Waals surface area contributed by atoms with Crippen LogP contribution >= 0.6 is 0 Å². The smallest absolute Gasteiger partial charge is 0.222 e. The van der Waals surface area contributed by atoms with Crippen LogP contribution in [-0.4, -0.2) is 58.6 Å². The van der Waals surface area contributed by atoms with E-state index in [2.05, 4.69) is 16.8 Å². The van der Waals surface area contributed by atoms with Gasteiger partial charge in [0.15, 0.2) is 0 Å². The predicted molar refractivity (Wildman–Crippen MR) is 77.1 cm³/mol. The molecule has 2 heterocycles. The zero-order valence-corrected chi connectivity index (χ0v) is 12.0. The number of hydrogen-bond donors (Lipinski definition) is 1. The van der Waals surface area contributed by atoms with Crippen molar-refractivity contribution in [2.24, 2.45) is 0 Å². The van der Waals surface area contributed by atoms with Crippen molar-refractivity contribution in [1.82, 2.24) is 14.8 Å². The van der Waals surface area contributed by atoms with Crippen molar-refractivity contribution < 1.29 is 9.90 Å². The average molecular weight is 277 g/mol. The molecule has 1 aromatic heterocycles. The number of carbonyl (C=O) groups excluding carboxylic acids is 1. The second kappa shape index (κ2) is 7.36. The molecule has 1 saturated heterocycles. The molecule has 1 aliphatic heterocycles. The second-order valence-corrected chi connectivity index (χ2v) is 5.17. The third-order valence-corrected chi connectivity index (χ3v) is 3.88. The van der Waals surface area contributed by atoms with E-state index in [1.807, 2.05) is 29.3 Å². The molecule has 0 radical (unpaired) electrons. The van der Waals surface area contributed by atoms with Gasteiger partial charge in [0.1, 0.15) is 0 Å². The largest absolute Gasteiger partial charge is 0.396 e. The van der Waals surface area contributed by atoms with Crippen molar-refractivity contribution in [3.63, 3.8) is 0 Å². The third-order valence-electron chi connectivity index (χ3n) is 3.88. The van der Waals surface area contributed by atoms with E-state index in [1.54, 1.807) is 0 Å². The molecule has 1 fully saturated rings. The van der Waals surface area contributed by atoms with Gasteiger partial charge in [0, 0.05) is 51.4 Å². The van der Waals surface area contributed by atoms with Crippen molar-refractivity contribution in [3.05, 3.63) is 30.1 Å². The van der Waals surface area contributed by atoms with Crippen molar-refractivity contribution in [1.29, 1.82) is 0 Å². The summed E-state index contributed by atoms with van der Waals surface area (Å²) in [5.74, 6) is 0.157. The number of aliphatic hydroxyl groups is 1. The molecule has 20 heavy (non-hydrogen) atoms. The Morgan fingerprint density at radius 1 is 1.35 bits per heavy atom. The Kier molecular flexibility index (Phi) is 5.49. The lowest BCUT2D eigenvalue weighted by Crippen LogP contribution is -2.49. The molecule has 0 aromatic carbocycles. The molecule has 5 heteroatoms. The highest BCUT2D eigenvalue weighted by Gasteiger charge is 2.24. The first-order chi connectivity index (χ1) is 9.72. The van der Waals surface area contributed by atoms with Gasteiger partial charge in [-0.05, 0) is 25.5 Å². The van der Waals surface area contributed by atoms with Gasteiger partial charge < -0.3 is 10.0 Å². The molecule has 1 N–H and O–H groups in total. The molecule has 1 atom stereocenters. The second-order valence-electron chi connectivity index (χ2n) is 5.17. The molecular formula is C15H23N3O2. The van der Waals surface area contributed by atoms with Crippen LogP contribution in [0.3, 0.4) is 0 Å². The summed E-state index contributed by atoms with van der Waals surface area (Å²) in [5.41, 5.74) is 1.08. The maximum Gasteiger partial charge on any atom is 0.222 e. The highest BCUT2D eigenvalue weighted by molar-refractivity contribution is 5.76. The zero-order chi connectivity index (χ0) is 14.4. The summed E-state index contributed by atoms with van der Waals surface area (Å²) in [7, 11) is 0. The first kappa shape index (κ1) is 14.9. The van der Waals surface area contributed by atoms with Crippen LogP contribution in [0.1, 0.15) is 31.5 Å². The Morgan fingerprint density at radius 2 is 2.10 bits per heavy atom. The van der Waals surface area contributed by atoms with Crippen LogP contribution in [0.25, 0.3) is 0 Å². The van der Waals surface area contributed by atoms with E-state index in [1.165, 1.54) is 0 Å².